The highest BCUT2D eigenvalue weighted by Crippen LogP contribution is 2.37. The molecule has 0 rings (SSSR count). The van der Waals surface area contributed by atoms with Crippen molar-refractivity contribution in [1.29, 1.82) is 0 Å². The summed E-state index contributed by atoms with van der Waals surface area (Å²) in [5.41, 5.74) is 0. The predicted octanol–water partition coefficient (Wildman–Crippen LogP) is 0.375. The van der Waals surface area contributed by atoms with Gasteiger partial charge in [-0.1, -0.05) is 13.8 Å². The van der Waals surface area contributed by atoms with Crippen LogP contribution in [0.25, 0.3) is 0 Å². The highest BCUT2D eigenvalue weighted by molar-refractivity contribution is 7.41. The topological polar surface area (TPSA) is 107 Å². The first kappa shape index (κ1) is 22.2. The van der Waals surface area contributed by atoms with Crippen molar-refractivity contribution in [2.24, 2.45) is 0 Å². The Kier molecular flexibility index (Phi) is 13.1. The normalized spacial score (nSPS) is 13.7. The summed E-state index contributed by atoms with van der Waals surface area (Å²) in [4.78, 5) is 24.4. The minimum Gasteiger partial charge on any atom is -0.716 e. The minimum atomic E-state index is -2.09. The number of rotatable bonds is 13. The molecule has 0 fully saturated rings. The number of hydrogen-bond acceptors (Lipinski definition) is 9. The summed E-state index contributed by atoms with van der Waals surface area (Å²) in [7, 11) is 1.61. The van der Waals surface area contributed by atoms with Crippen molar-refractivity contribution in [3.8, 4) is 0 Å². The Morgan fingerprint density at radius 2 is 1.74 bits per heavy atom. The first-order valence-electron chi connectivity index (χ1n) is 7.28. The van der Waals surface area contributed by atoms with Crippen molar-refractivity contribution >= 4 is 20.5 Å². The predicted molar refractivity (Wildman–Crippen MR) is 79.9 cm³/mol. The van der Waals surface area contributed by atoms with Crippen LogP contribution in [0, 0.1) is 0 Å². The quantitative estimate of drug-likeness (QED) is 0.201. The number of likely N-dealkylation sites (N-methyl/N-ethyl adjacent to an activating group) is 1. The van der Waals surface area contributed by atoms with Gasteiger partial charge in [-0.3, -0.25) is 9.59 Å². The Labute approximate surface area is 137 Å². The van der Waals surface area contributed by atoms with Gasteiger partial charge in [-0.25, -0.2) is 0 Å². The van der Waals surface area contributed by atoms with E-state index in [4.69, 9.17) is 18.5 Å². The van der Waals surface area contributed by atoms with E-state index in [1.165, 1.54) is 0 Å². The average Bonchev–Trinajstić information content (AvgIpc) is 2.54. The maximum Gasteiger partial charge on any atom is 0.323 e. The van der Waals surface area contributed by atoms with Crippen LogP contribution < -0.4 is 5.26 Å². The van der Waals surface area contributed by atoms with Crippen LogP contribution in [0.4, 0.5) is 0 Å². The number of ether oxygens (including phenoxy) is 2. The molecule has 0 saturated carbocycles. The molecule has 0 aromatic heterocycles. The van der Waals surface area contributed by atoms with Crippen molar-refractivity contribution in [3.05, 3.63) is 0 Å². The minimum absolute atomic E-state index is 0.155. The SMILES string of the molecule is CCC(=O)OCC(COP(O[O-])OCCN(C)C)OC(=O)CC. The first-order chi connectivity index (χ1) is 10.9. The van der Waals surface area contributed by atoms with Crippen molar-refractivity contribution in [2.45, 2.75) is 32.8 Å². The second-order valence-corrected chi connectivity index (χ2v) is 5.85. The number of hydrogen-bond donors (Lipinski definition) is 0. The molecule has 0 heterocycles. The summed E-state index contributed by atoms with van der Waals surface area (Å²) in [5.74, 6) is -0.890. The Balaban J connectivity index is 4.30. The van der Waals surface area contributed by atoms with Gasteiger partial charge in [0.25, 0.3) is 0 Å². The lowest BCUT2D eigenvalue weighted by Gasteiger charge is -2.23. The lowest BCUT2D eigenvalue weighted by atomic mass is 10.4. The molecule has 23 heavy (non-hydrogen) atoms. The third kappa shape index (κ3) is 12.3. The largest absolute Gasteiger partial charge is 0.716 e. The van der Waals surface area contributed by atoms with Gasteiger partial charge in [0.1, 0.15) is 6.61 Å². The molecule has 2 atom stereocenters. The zero-order valence-corrected chi connectivity index (χ0v) is 14.9. The molecular formula is C13H25NO8P-. The molecule has 9 nitrogen and oxygen atoms in total. The van der Waals surface area contributed by atoms with E-state index in [2.05, 4.69) is 4.67 Å². The zero-order chi connectivity index (χ0) is 17.7. The van der Waals surface area contributed by atoms with Crippen LogP contribution >= 0.6 is 8.60 Å². The van der Waals surface area contributed by atoms with Gasteiger partial charge in [-0.05, 0) is 14.1 Å². The van der Waals surface area contributed by atoms with Gasteiger partial charge in [0.05, 0.1) is 13.2 Å². The smallest absolute Gasteiger partial charge is 0.323 e. The van der Waals surface area contributed by atoms with Gasteiger partial charge in [-0.2, -0.15) is 0 Å². The van der Waals surface area contributed by atoms with Gasteiger partial charge >= 0.3 is 20.5 Å². The van der Waals surface area contributed by atoms with Crippen LogP contribution in [0.1, 0.15) is 26.7 Å². The van der Waals surface area contributed by atoms with Crippen molar-refractivity contribution in [2.75, 3.05) is 40.5 Å². The Hall–Kier alpha value is -0.830. The number of nitrogens with zero attached hydrogens (tertiary/aromatic N) is 1. The highest BCUT2D eigenvalue weighted by Gasteiger charge is 2.19. The van der Waals surface area contributed by atoms with E-state index in [0.29, 0.717) is 6.54 Å². The van der Waals surface area contributed by atoms with E-state index in [0.717, 1.165) is 0 Å². The van der Waals surface area contributed by atoms with Gasteiger partial charge in [-0.15, -0.1) is 0 Å². The third-order valence-corrected chi connectivity index (χ3v) is 3.34. The fraction of sp³-hybridized carbons (Fsp3) is 0.846. The van der Waals surface area contributed by atoms with Crippen LogP contribution in [0.3, 0.4) is 0 Å². The standard InChI is InChI=1S/C13H26NO8P/c1-5-12(15)18-9-11(21-13(16)6-2)10-20-23(22-17)19-8-7-14(3)4/h11,17H,5-10H2,1-4H3/p-1. The van der Waals surface area contributed by atoms with Crippen LogP contribution in [0.5, 0.6) is 0 Å². The molecule has 136 valence electrons. The monoisotopic (exact) mass is 354 g/mol. The van der Waals surface area contributed by atoms with Crippen molar-refractivity contribution in [1.82, 2.24) is 4.90 Å². The fourth-order valence-corrected chi connectivity index (χ4v) is 1.87. The molecule has 10 heteroatoms. The second-order valence-electron chi connectivity index (χ2n) is 4.73. The van der Waals surface area contributed by atoms with E-state index in [1.54, 1.807) is 13.8 Å². The molecule has 0 aromatic rings. The summed E-state index contributed by atoms with van der Waals surface area (Å²) in [6, 6.07) is 0. The fourth-order valence-electron chi connectivity index (χ4n) is 1.20. The van der Waals surface area contributed by atoms with E-state index in [-0.39, 0.29) is 32.7 Å². The first-order valence-corrected chi connectivity index (χ1v) is 8.38. The molecule has 0 spiro atoms. The molecule has 2 unspecified atom stereocenters. The molecule has 0 radical (unpaired) electrons. The third-order valence-electron chi connectivity index (χ3n) is 2.47. The lowest BCUT2D eigenvalue weighted by Crippen LogP contribution is -2.29. The summed E-state index contributed by atoms with van der Waals surface area (Å²) in [6.45, 7) is 3.81. The van der Waals surface area contributed by atoms with Gasteiger partial charge in [0, 0.05) is 19.4 Å². The van der Waals surface area contributed by atoms with Crippen LogP contribution in [-0.2, 0) is 32.8 Å². The Morgan fingerprint density at radius 3 is 2.26 bits per heavy atom. The second kappa shape index (κ2) is 13.6. The van der Waals surface area contributed by atoms with Crippen LogP contribution in [0.2, 0.25) is 0 Å². The van der Waals surface area contributed by atoms with Crippen molar-refractivity contribution in [3.63, 3.8) is 0 Å². The average molecular weight is 354 g/mol. The van der Waals surface area contributed by atoms with Gasteiger partial charge < -0.3 is 33.4 Å². The highest BCUT2D eigenvalue weighted by atomic mass is 31.2. The number of carbonyl (C=O) groups excluding carboxylic acids is 2. The summed E-state index contributed by atoms with van der Waals surface area (Å²) < 4.78 is 24.2. The molecule has 0 aliphatic heterocycles. The number of esters is 2. The molecule has 0 aliphatic carbocycles. The molecular weight excluding hydrogens is 329 g/mol. The molecule has 0 amide bonds. The summed E-state index contributed by atoms with van der Waals surface area (Å²) in [5, 5.41) is 10.6. The molecule has 0 aliphatic rings. The number of carbonyl (C=O) groups is 2. The maximum atomic E-state index is 11.4. The van der Waals surface area contributed by atoms with E-state index < -0.39 is 26.6 Å². The Bertz CT molecular complexity index is 342. The van der Waals surface area contributed by atoms with Gasteiger partial charge in [0.15, 0.2) is 6.10 Å². The molecule has 0 saturated heterocycles. The van der Waals surface area contributed by atoms with Crippen molar-refractivity contribution < 1.29 is 38.0 Å². The van der Waals surface area contributed by atoms with E-state index >= 15 is 0 Å². The van der Waals surface area contributed by atoms with E-state index in [9.17, 15) is 14.8 Å². The Morgan fingerprint density at radius 1 is 1.09 bits per heavy atom. The van der Waals surface area contributed by atoms with Gasteiger partial charge in [0.2, 0.25) is 0 Å². The lowest BCUT2D eigenvalue weighted by molar-refractivity contribution is -0.640. The van der Waals surface area contributed by atoms with Crippen LogP contribution in [0.15, 0.2) is 0 Å². The van der Waals surface area contributed by atoms with Crippen LogP contribution in [-0.4, -0.2) is 63.4 Å². The molecule has 0 bridgehead atoms. The summed E-state index contributed by atoms with van der Waals surface area (Å²) in [6.07, 6.45) is -0.445. The maximum absolute atomic E-state index is 11.4. The summed E-state index contributed by atoms with van der Waals surface area (Å²) >= 11 is 0. The van der Waals surface area contributed by atoms with E-state index in [1.807, 2.05) is 19.0 Å². The molecule has 0 N–H and O–H groups in total. The molecule has 0 aromatic carbocycles. The zero-order valence-electron chi connectivity index (χ0n) is 14.0.